The van der Waals surface area contributed by atoms with E-state index in [-0.39, 0.29) is 11.8 Å². The van der Waals surface area contributed by atoms with Gasteiger partial charge in [-0.1, -0.05) is 11.3 Å². The normalized spacial score (nSPS) is 19.5. The fraction of sp³-hybridized carbons (Fsp3) is 0.522. The number of nitrogens with one attached hydrogen (secondary N) is 1. The monoisotopic (exact) mass is 454 g/mol. The van der Waals surface area contributed by atoms with E-state index < -0.39 is 0 Å². The molecule has 1 aromatic carbocycles. The number of likely N-dealkylation sites (tertiary alicyclic amines) is 1. The summed E-state index contributed by atoms with van der Waals surface area (Å²) in [5, 5.41) is 8.85. The minimum absolute atomic E-state index is 0.0217. The van der Waals surface area contributed by atoms with Gasteiger partial charge in [0.2, 0.25) is 16.0 Å². The van der Waals surface area contributed by atoms with Gasteiger partial charge in [0.05, 0.1) is 24.9 Å². The minimum atomic E-state index is 0.0217. The van der Waals surface area contributed by atoms with Crippen LogP contribution in [0, 0.1) is 5.92 Å². The number of carbonyl (C=O) groups excluding carboxylic acids is 1. The number of carbonyl (C=O) groups is 1. The van der Waals surface area contributed by atoms with Crippen molar-refractivity contribution in [2.45, 2.75) is 25.7 Å². The molecule has 1 amide bonds. The molecule has 170 valence electrons. The molecule has 32 heavy (non-hydrogen) atoms. The summed E-state index contributed by atoms with van der Waals surface area (Å²) in [4.78, 5) is 23.0. The number of anilines is 1. The molecule has 3 aromatic rings. The Hall–Kier alpha value is -2.65. The lowest BCUT2D eigenvalue weighted by Crippen LogP contribution is -2.44. The van der Waals surface area contributed by atoms with Gasteiger partial charge < -0.3 is 19.9 Å². The zero-order chi connectivity index (χ0) is 21.9. The van der Waals surface area contributed by atoms with E-state index >= 15 is 0 Å². The van der Waals surface area contributed by atoms with Gasteiger partial charge in [0.1, 0.15) is 5.75 Å². The highest BCUT2D eigenvalue weighted by Gasteiger charge is 2.28. The number of ether oxygens (including phenoxy) is 1. The van der Waals surface area contributed by atoms with E-state index in [2.05, 4.69) is 15.1 Å². The van der Waals surface area contributed by atoms with Crippen molar-refractivity contribution in [2.75, 3.05) is 51.3 Å². The third-order valence-electron chi connectivity index (χ3n) is 6.41. The van der Waals surface area contributed by atoms with Crippen LogP contribution in [-0.4, -0.2) is 71.8 Å². The van der Waals surface area contributed by atoms with E-state index in [0.29, 0.717) is 0 Å². The summed E-state index contributed by atoms with van der Waals surface area (Å²) in [5.74, 6) is 1.03. The van der Waals surface area contributed by atoms with Crippen molar-refractivity contribution in [3.8, 4) is 17.0 Å². The molecule has 0 aliphatic carbocycles. The summed E-state index contributed by atoms with van der Waals surface area (Å²) in [5.41, 5.74) is 1.93. The summed E-state index contributed by atoms with van der Waals surface area (Å²) in [7, 11) is 1.66. The Balaban J connectivity index is 1.20. The van der Waals surface area contributed by atoms with E-state index in [1.807, 2.05) is 35.0 Å². The van der Waals surface area contributed by atoms with E-state index in [0.717, 1.165) is 66.1 Å². The van der Waals surface area contributed by atoms with Crippen LogP contribution < -0.4 is 15.0 Å². The standard InChI is InChI=1S/C23H30N6O2S/c1-31-19-8-6-17(7-9-19)20-16-29-22(25-20)32-23(26-29)28-13-4-5-18(15-28)21(30)24-10-14-27-11-2-3-12-27/h6-9,16,18H,2-5,10-15H2,1H3,(H,24,30)/t18-/m0/s1. The second kappa shape index (κ2) is 9.46. The number of nitrogens with zero attached hydrogens (tertiary/aromatic N) is 5. The van der Waals surface area contributed by atoms with Gasteiger partial charge in [-0.2, -0.15) is 0 Å². The Kier molecular flexibility index (Phi) is 6.27. The molecular formula is C23H30N6O2S. The van der Waals surface area contributed by atoms with Crippen LogP contribution in [0.15, 0.2) is 30.5 Å². The van der Waals surface area contributed by atoms with Crippen LogP contribution in [0.25, 0.3) is 16.2 Å². The number of hydrogen-bond acceptors (Lipinski definition) is 7. The molecule has 2 aromatic heterocycles. The number of imidazole rings is 1. The molecule has 0 unspecified atom stereocenters. The van der Waals surface area contributed by atoms with Crippen LogP contribution in [0.5, 0.6) is 5.75 Å². The molecule has 2 aliphatic rings. The second-order valence-corrected chi connectivity index (χ2v) is 9.53. The topological polar surface area (TPSA) is 75.0 Å². The van der Waals surface area contributed by atoms with Crippen LogP contribution in [0.3, 0.4) is 0 Å². The maximum atomic E-state index is 12.7. The van der Waals surface area contributed by atoms with Crippen LogP contribution >= 0.6 is 11.3 Å². The number of amides is 1. The first-order valence-corrected chi connectivity index (χ1v) is 12.3. The van der Waals surface area contributed by atoms with Crippen LogP contribution in [0.1, 0.15) is 25.7 Å². The minimum Gasteiger partial charge on any atom is -0.497 e. The molecule has 9 heteroatoms. The van der Waals surface area contributed by atoms with Crippen molar-refractivity contribution in [2.24, 2.45) is 5.92 Å². The van der Waals surface area contributed by atoms with E-state index in [1.165, 1.54) is 25.9 Å². The molecule has 0 bridgehead atoms. The zero-order valence-electron chi connectivity index (χ0n) is 18.5. The number of aromatic nitrogens is 3. The van der Waals surface area contributed by atoms with Gasteiger partial charge in [-0.3, -0.25) is 4.79 Å². The Morgan fingerprint density at radius 1 is 1.19 bits per heavy atom. The summed E-state index contributed by atoms with van der Waals surface area (Å²) in [6, 6.07) is 7.88. The zero-order valence-corrected chi connectivity index (χ0v) is 19.3. The van der Waals surface area contributed by atoms with Crippen molar-refractivity contribution in [1.82, 2.24) is 24.8 Å². The first kappa shape index (κ1) is 21.2. The van der Waals surface area contributed by atoms with Crippen LogP contribution in [-0.2, 0) is 4.79 Å². The summed E-state index contributed by atoms with van der Waals surface area (Å²) in [6.45, 7) is 5.69. The second-order valence-electron chi connectivity index (χ2n) is 8.59. The van der Waals surface area contributed by atoms with Crippen molar-refractivity contribution in [1.29, 1.82) is 0 Å². The van der Waals surface area contributed by atoms with E-state index in [4.69, 9.17) is 14.8 Å². The number of fused-ring (bicyclic) bond motifs is 1. The number of rotatable bonds is 7. The van der Waals surface area contributed by atoms with Gasteiger partial charge >= 0.3 is 0 Å². The van der Waals surface area contributed by atoms with E-state index in [1.54, 1.807) is 18.4 Å². The molecule has 8 nitrogen and oxygen atoms in total. The van der Waals surface area contributed by atoms with Crippen LogP contribution in [0.2, 0.25) is 0 Å². The van der Waals surface area contributed by atoms with Crippen molar-refractivity contribution < 1.29 is 9.53 Å². The average Bonchev–Trinajstić information content (AvgIpc) is 3.56. The highest BCUT2D eigenvalue weighted by Crippen LogP contribution is 2.30. The molecule has 2 fully saturated rings. The lowest BCUT2D eigenvalue weighted by Gasteiger charge is -2.31. The van der Waals surface area contributed by atoms with Gasteiger partial charge in [0.15, 0.2) is 0 Å². The first-order chi connectivity index (χ1) is 15.7. The highest BCUT2D eigenvalue weighted by atomic mass is 32.1. The van der Waals surface area contributed by atoms with Gasteiger partial charge in [0, 0.05) is 31.7 Å². The molecule has 0 radical (unpaired) electrons. The third kappa shape index (κ3) is 4.59. The maximum absolute atomic E-state index is 12.7. The number of benzene rings is 1. The highest BCUT2D eigenvalue weighted by molar-refractivity contribution is 7.20. The Labute approximate surface area is 192 Å². The summed E-state index contributed by atoms with van der Waals surface area (Å²) < 4.78 is 7.08. The molecular weight excluding hydrogens is 424 g/mol. The lowest BCUT2D eigenvalue weighted by atomic mass is 9.97. The van der Waals surface area contributed by atoms with Gasteiger partial charge in [-0.15, -0.1) is 5.10 Å². The van der Waals surface area contributed by atoms with Gasteiger partial charge in [-0.25, -0.2) is 9.50 Å². The lowest BCUT2D eigenvalue weighted by molar-refractivity contribution is -0.125. The number of methoxy groups -OCH3 is 1. The van der Waals surface area contributed by atoms with Gasteiger partial charge in [-0.05, 0) is 63.0 Å². The molecule has 0 saturated carbocycles. The van der Waals surface area contributed by atoms with Crippen LogP contribution in [0.4, 0.5) is 5.13 Å². The molecule has 0 spiro atoms. The average molecular weight is 455 g/mol. The van der Waals surface area contributed by atoms with Crippen molar-refractivity contribution >= 4 is 27.3 Å². The third-order valence-corrected chi connectivity index (χ3v) is 7.39. The molecule has 4 heterocycles. The summed E-state index contributed by atoms with van der Waals surface area (Å²) in [6.07, 6.45) is 6.47. The molecule has 5 rings (SSSR count). The molecule has 2 saturated heterocycles. The predicted octanol–water partition coefficient (Wildman–Crippen LogP) is 2.89. The van der Waals surface area contributed by atoms with Crippen molar-refractivity contribution in [3.63, 3.8) is 0 Å². The molecule has 1 N–H and O–H groups in total. The smallest absolute Gasteiger partial charge is 0.224 e. The Morgan fingerprint density at radius 2 is 2.00 bits per heavy atom. The Bertz CT molecular complexity index is 1020. The SMILES string of the molecule is COc1ccc(-c2cn3nc(N4CCC[C@H](C(=O)NCCN5CCCC5)C4)sc3n2)cc1. The summed E-state index contributed by atoms with van der Waals surface area (Å²) >= 11 is 1.58. The number of hydrogen-bond donors (Lipinski definition) is 1. The predicted molar refractivity (Wildman–Crippen MR) is 126 cm³/mol. The largest absolute Gasteiger partial charge is 0.497 e. The molecule has 1 atom stereocenters. The fourth-order valence-electron chi connectivity index (χ4n) is 4.57. The maximum Gasteiger partial charge on any atom is 0.224 e. The molecule has 2 aliphatic heterocycles. The van der Waals surface area contributed by atoms with Gasteiger partial charge in [0.25, 0.3) is 0 Å². The van der Waals surface area contributed by atoms with E-state index in [9.17, 15) is 4.79 Å². The fourth-order valence-corrected chi connectivity index (χ4v) is 5.49. The first-order valence-electron chi connectivity index (χ1n) is 11.5. The Morgan fingerprint density at radius 3 is 2.75 bits per heavy atom. The number of piperidine rings is 1. The van der Waals surface area contributed by atoms with Crippen molar-refractivity contribution in [3.05, 3.63) is 30.5 Å². The quantitative estimate of drug-likeness (QED) is 0.592.